The molecule has 2 nitrogen and oxygen atoms in total. The van der Waals surface area contributed by atoms with E-state index in [4.69, 9.17) is 13.2 Å². The summed E-state index contributed by atoms with van der Waals surface area (Å²) in [4.78, 5) is 0. The second-order valence-corrected chi connectivity index (χ2v) is 0.529. The monoisotopic (exact) mass is 3900 g/mol. The Morgan fingerprint density at radius 1 is 0.143 bits per heavy atom. The fourth-order valence-electron chi connectivity index (χ4n) is 0.0770. The minimum absolute atomic E-state index is 0. The molecule has 0 aliphatic carbocycles. The average Bonchev–Trinajstić information content (AvgIpc) is 1.61. The molecule has 0 atom stereocenters. The van der Waals surface area contributed by atoms with Crippen molar-refractivity contribution in [3.63, 3.8) is 0 Å². The fraction of sp³-hybridized carbons (Fsp3) is 0. The molecule has 0 amide bonds. The van der Waals surface area contributed by atoms with E-state index < -0.39 is 0 Å². The van der Waals surface area contributed by atoms with Crippen molar-refractivity contribution < 1.29 is 1410 Å². The zero-order valence-corrected chi connectivity index (χ0v) is 150. The second-order valence-electron chi connectivity index (χ2n) is 0.529. The second kappa shape index (κ2) is 324. The van der Waals surface area contributed by atoms with E-state index in [1.54, 1.807) is 0 Å². The molecule has 0 saturated heterocycles. The molecule has 0 aromatic carbocycles. The van der Waals surface area contributed by atoms with Gasteiger partial charge in [0.15, 0.2) is 0 Å². The quantitative estimate of drug-likeness (QED) is 0.294. The number of hydrogen-bond acceptors (Lipinski definition) is 2. The predicted octanol–water partition coefficient (Wildman–Crippen LogP) is 1.22. The molecule has 0 aromatic rings. The molecule has 0 unspecified atom stereocenters. The number of rotatable bonds is 2. The first-order chi connectivity index (χ1) is 2.91. The summed E-state index contributed by atoms with van der Waals surface area (Å²) >= 11 is 0. The van der Waals surface area contributed by atoms with Crippen molar-refractivity contribution in [3.05, 3.63) is 25.6 Å². The van der Waals surface area contributed by atoms with E-state index in [9.17, 15) is 0 Å². The molecule has 45 heteroatoms. The van der Waals surface area contributed by atoms with Gasteiger partial charge in [-0.1, -0.05) is 0 Å². The number of azo groups is 1. The molecule has 161 valence electrons. The Morgan fingerprint density at radius 3 is 0.204 bits per heavy atom. The summed E-state index contributed by atoms with van der Waals surface area (Å²) in [7, 11) is 0. The van der Waals surface area contributed by atoms with Crippen molar-refractivity contribution in [2.24, 2.45) is 10.2 Å². The standard InChI is InChI=1S/C4H4N2.43Y/c1-3-5-6-4-2;;;;;;;;;;;;;;;;;;;;;;;;;;;;;;;;;;;;;;;;;;;/h1-4H;;;;;;;;;;;;;;;;;;;;;;;;;;;;;;;;;;;;;;;;;;;/q-2;;;;;;;;;;;;;;;;;;;;;;;;;;;;;;;;;;;;;;;;;;;. The summed E-state index contributed by atoms with van der Waals surface area (Å²) in [5, 5.41) is 6.38. The largest absolute Gasteiger partial charge is 0.493 e. The average molecular weight is 3900 g/mol. The number of nitrogens with zero attached hydrogens (tertiary/aromatic N) is 2. The zero-order valence-electron chi connectivity index (χ0n) is 28.0. The Labute approximate surface area is 1390 Å². The summed E-state index contributed by atoms with van der Waals surface area (Å²) in [5.41, 5.74) is 0. The SMILES string of the molecule is [CH-]=CN=NC=[CH-].[Y].[Y].[Y].[Y].[Y].[Y].[Y].[Y].[Y].[Y].[Y].[Y].[Y].[Y].[Y].[Y].[Y].[Y].[Y].[Y].[Y].[Y].[Y].[Y].[Y].[Y].[Y].[Y].[Y].[Y].[Y].[Y].[Y].[Y].[Y].[Y].[Y].[Y].[Y].[Y].[Y].[Y].[Y]. The van der Waals surface area contributed by atoms with Gasteiger partial charge in [0, 0.05) is 1410 Å². The molecular weight excluding hydrogens is 3900 g/mol. The Kier molecular flexibility index (Phi) is 2120. The Morgan fingerprint density at radius 2 is 0.184 bits per heavy atom. The maximum atomic E-state index is 4.75. The molecule has 49 heavy (non-hydrogen) atoms. The minimum atomic E-state index is 0. The van der Waals surface area contributed by atoms with Crippen LogP contribution in [0.15, 0.2) is 22.6 Å². The molecular formula is C4H4N2Y43-2. The molecule has 0 aromatic heterocycles. The van der Waals surface area contributed by atoms with Gasteiger partial charge in [-0.25, -0.2) is 10.2 Å². The van der Waals surface area contributed by atoms with E-state index in [1.807, 2.05) is 0 Å². The van der Waals surface area contributed by atoms with Crippen LogP contribution in [0.25, 0.3) is 0 Å². The van der Waals surface area contributed by atoms with E-state index in [1.165, 1.54) is 0 Å². The molecule has 0 bridgehead atoms. The van der Waals surface area contributed by atoms with Crippen LogP contribution in [0.2, 0.25) is 0 Å². The molecule has 0 saturated carbocycles. The van der Waals surface area contributed by atoms with Crippen molar-refractivity contribution >= 4 is 0 Å². The smallest absolute Gasteiger partial charge is 0 e. The third-order valence-corrected chi connectivity index (χ3v) is 0.200. The van der Waals surface area contributed by atoms with E-state index in [0.29, 0.717) is 0 Å². The first-order valence-electron chi connectivity index (χ1n) is 1.38. The molecule has 0 heterocycles. The van der Waals surface area contributed by atoms with Gasteiger partial charge < -0.3 is 13.2 Å². The molecule has 43 radical (unpaired) electrons. The van der Waals surface area contributed by atoms with Gasteiger partial charge in [-0.05, 0) is 0 Å². The van der Waals surface area contributed by atoms with Crippen LogP contribution in [0.3, 0.4) is 0 Å². The molecule has 0 spiro atoms. The van der Waals surface area contributed by atoms with Gasteiger partial charge in [-0.3, -0.25) is 0 Å². The fourth-order valence-corrected chi connectivity index (χ4v) is 0.0770. The zero-order chi connectivity index (χ0) is 4.83. The Balaban J connectivity index is -0.000000000138. The predicted molar refractivity (Wildman–Crippen MR) is 22.6 cm³/mol. The summed E-state index contributed by atoms with van der Waals surface area (Å²) in [6.07, 6.45) is 2.12. The summed E-state index contributed by atoms with van der Waals surface area (Å²) in [5.74, 6) is 0. The molecule has 0 rings (SSSR count). The molecule has 0 fully saturated rings. The minimum Gasteiger partial charge on any atom is -0.493 e. The van der Waals surface area contributed by atoms with Crippen LogP contribution in [0.4, 0.5) is 0 Å². The van der Waals surface area contributed by atoms with Gasteiger partial charge in [0.05, 0.1) is 0 Å². The van der Waals surface area contributed by atoms with Crippen LogP contribution < -0.4 is 0 Å². The van der Waals surface area contributed by atoms with Crippen molar-refractivity contribution in [2.45, 2.75) is 0 Å². The summed E-state index contributed by atoms with van der Waals surface area (Å²) in [6, 6.07) is 0. The molecule has 0 aliphatic heterocycles. The van der Waals surface area contributed by atoms with Crippen LogP contribution in [0, 0.1) is 13.2 Å². The van der Waals surface area contributed by atoms with Crippen LogP contribution in [0.1, 0.15) is 0 Å². The van der Waals surface area contributed by atoms with Gasteiger partial charge in [-0.15, -0.1) is 12.4 Å². The van der Waals surface area contributed by atoms with Gasteiger partial charge in [0.2, 0.25) is 0 Å². The van der Waals surface area contributed by atoms with Crippen molar-refractivity contribution in [2.75, 3.05) is 0 Å². The normalized spacial score (nSPS) is 1.06. The van der Waals surface area contributed by atoms with E-state index >= 15 is 0 Å². The Bertz CT molecular complexity index is 89.9. The van der Waals surface area contributed by atoms with Gasteiger partial charge in [0.25, 0.3) is 0 Å². The summed E-state index contributed by atoms with van der Waals surface area (Å²) in [6.45, 7) is 9.51. The maximum absolute atomic E-state index is 4.75. The van der Waals surface area contributed by atoms with E-state index in [0.717, 1.165) is 12.4 Å². The molecule has 0 aliphatic rings. The van der Waals surface area contributed by atoms with Crippen molar-refractivity contribution in [1.29, 1.82) is 0 Å². The first-order valence-corrected chi connectivity index (χ1v) is 1.38. The van der Waals surface area contributed by atoms with Crippen LogP contribution >= 0.6 is 0 Å². The molecule has 0 N–H and O–H groups in total. The first kappa shape index (κ1) is 321. The van der Waals surface area contributed by atoms with E-state index in [2.05, 4.69) is 10.2 Å². The third-order valence-electron chi connectivity index (χ3n) is 0.200. The third kappa shape index (κ3) is 330. The van der Waals surface area contributed by atoms with Gasteiger partial charge in [0.1, 0.15) is 0 Å². The maximum Gasteiger partial charge on any atom is 0 e. The topological polar surface area (TPSA) is 24.7 Å². The van der Waals surface area contributed by atoms with Crippen LogP contribution in [0.5, 0.6) is 0 Å². The van der Waals surface area contributed by atoms with Crippen LogP contribution in [-0.2, 0) is 1410 Å². The van der Waals surface area contributed by atoms with Gasteiger partial charge >= 0.3 is 0 Å². The van der Waals surface area contributed by atoms with Crippen molar-refractivity contribution in [3.8, 4) is 0 Å². The number of hydrogen-bond donors (Lipinski definition) is 0. The van der Waals surface area contributed by atoms with Crippen LogP contribution in [-0.4, -0.2) is 0 Å². The van der Waals surface area contributed by atoms with Gasteiger partial charge in [-0.2, -0.15) is 0 Å². The summed E-state index contributed by atoms with van der Waals surface area (Å²) < 4.78 is 0. The Hall–Kier alpha value is 46.5. The van der Waals surface area contributed by atoms with E-state index in [-0.39, 0.29) is 1410 Å². The van der Waals surface area contributed by atoms with Crippen molar-refractivity contribution in [1.82, 2.24) is 0 Å².